The van der Waals surface area contributed by atoms with Gasteiger partial charge in [0.25, 0.3) is 5.56 Å². The molecule has 20 heavy (non-hydrogen) atoms. The summed E-state index contributed by atoms with van der Waals surface area (Å²) < 4.78 is 14.1. The predicted octanol–water partition coefficient (Wildman–Crippen LogP) is 3.23. The third-order valence-electron chi connectivity index (χ3n) is 2.83. The van der Waals surface area contributed by atoms with Gasteiger partial charge in [0.1, 0.15) is 10.8 Å². The van der Waals surface area contributed by atoms with Crippen molar-refractivity contribution >= 4 is 17.3 Å². The van der Waals surface area contributed by atoms with Crippen LogP contribution < -0.4 is 10.9 Å². The van der Waals surface area contributed by atoms with Gasteiger partial charge in [0.15, 0.2) is 0 Å². The molecule has 1 aromatic heterocycles. The van der Waals surface area contributed by atoms with E-state index in [4.69, 9.17) is 11.6 Å². The molecule has 0 unspecified atom stereocenters. The molecule has 0 spiro atoms. The van der Waals surface area contributed by atoms with E-state index in [9.17, 15) is 9.18 Å². The molecule has 0 saturated heterocycles. The summed E-state index contributed by atoms with van der Waals surface area (Å²) in [4.78, 5) is 12.0. The molecule has 1 N–H and O–H groups in total. The molecular weight excluding hydrogens is 281 g/mol. The van der Waals surface area contributed by atoms with Gasteiger partial charge in [0.2, 0.25) is 0 Å². The van der Waals surface area contributed by atoms with Crippen molar-refractivity contribution in [2.24, 2.45) is 0 Å². The SMILES string of the molecule is CC(C)n1ncc(NCc2ccc(F)cc2)c(Cl)c1=O. The van der Waals surface area contributed by atoms with Gasteiger partial charge in [-0.05, 0) is 31.5 Å². The van der Waals surface area contributed by atoms with E-state index in [1.807, 2.05) is 13.8 Å². The first-order valence-corrected chi connectivity index (χ1v) is 6.62. The van der Waals surface area contributed by atoms with Crippen molar-refractivity contribution in [3.63, 3.8) is 0 Å². The third kappa shape index (κ3) is 3.17. The maximum atomic E-state index is 12.8. The molecule has 2 aromatic rings. The van der Waals surface area contributed by atoms with Crippen LogP contribution in [0.5, 0.6) is 0 Å². The third-order valence-corrected chi connectivity index (χ3v) is 3.19. The fourth-order valence-electron chi connectivity index (χ4n) is 1.74. The second kappa shape index (κ2) is 6.05. The highest BCUT2D eigenvalue weighted by atomic mass is 35.5. The molecule has 0 saturated carbocycles. The molecule has 6 heteroatoms. The zero-order valence-corrected chi connectivity index (χ0v) is 12.0. The van der Waals surface area contributed by atoms with Crippen molar-refractivity contribution in [3.05, 3.63) is 57.2 Å². The maximum absolute atomic E-state index is 12.8. The van der Waals surface area contributed by atoms with Crippen molar-refractivity contribution < 1.29 is 4.39 Å². The van der Waals surface area contributed by atoms with Crippen LogP contribution in [-0.4, -0.2) is 9.78 Å². The van der Waals surface area contributed by atoms with Crippen LogP contribution in [0.15, 0.2) is 35.3 Å². The van der Waals surface area contributed by atoms with Crippen LogP contribution in [0.3, 0.4) is 0 Å². The fourth-order valence-corrected chi connectivity index (χ4v) is 1.94. The maximum Gasteiger partial charge on any atom is 0.287 e. The Labute approximate surface area is 121 Å². The van der Waals surface area contributed by atoms with Crippen LogP contribution in [0.25, 0.3) is 0 Å². The van der Waals surface area contributed by atoms with E-state index in [-0.39, 0.29) is 22.4 Å². The number of hydrogen-bond acceptors (Lipinski definition) is 3. The summed E-state index contributed by atoms with van der Waals surface area (Å²) in [5, 5.41) is 7.19. The van der Waals surface area contributed by atoms with Gasteiger partial charge in [0.05, 0.1) is 17.9 Å². The molecule has 0 radical (unpaired) electrons. The van der Waals surface area contributed by atoms with Gasteiger partial charge in [-0.1, -0.05) is 23.7 Å². The second-order valence-corrected chi connectivity index (χ2v) is 5.07. The summed E-state index contributed by atoms with van der Waals surface area (Å²) >= 11 is 6.04. The van der Waals surface area contributed by atoms with Crippen LogP contribution in [-0.2, 0) is 6.54 Å². The van der Waals surface area contributed by atoms with Crippen molar-refractivity contribution in [1.29, 1.82) is 0 Å². The second-order valence-electron chi connectivity index (χ2n) is 4.70. The topological polar surface area (TPSA) is 46.9 Å². The number of hydrogen-bond donors (Lipinski definition) is 1. The Morgan fingerprint density at radius 2 is 2.00 bits per heavy atom. The Morgan fingerprint density at radius 3 is 2.60 bits per heavy atom. The zero-order chi connectivity index (χ0) is 14.7. The summed E-state index contributed by atoms with van der Waals surface area (Å²) in [5.74, 6) is -0.284. The summed E-state index contributed by atoms with van der Waals surface area (Å²) in [6.07, 6.45) is 1.52. The molecule has 0 bridgehead atoms. The van der Waals surface area contributed by atoms with Crippen LogP contribution in [0, 0.1) is 5.82 Å². The molecule has 0 aliphatic heterocycles. The first kappa shape index (κ1) is 14.5. The fraction of sp³-hybridized carbons (Fsp3) is 0.286. The van der Waals surface area contributed by atoms with E-state index in [0.717, 1.165) is 5.56 Å². The van der Waals surface area contributed by atoms with Gasteiger partial charge < -0.3 is 5.32 Å². The van der Waals surface area contributed by atoms with Crippen molar-refractivity contribution in [1.82, 2.24) is 9.78 Å². The number of nitrogens with zero attached hydrogens (tertiary/aromatic N) is 2. The molecule has 0 aliphatic carbocycles. The lowest BCUT2D eigenvalue weighted by molar-refractivity contribution is 0.503. The molecule has 0 fully saturated rings. The molecule has 2 rings (SSSR count). The molecule has 0 amide bonds. The van der Waals surface area contributed by atoms with Crippen LogP contribution in [0.4, 0.5) is 10.1 Å². The largest absolute Gasteiger partial charge is 0.378 e. The molecule has 1 heterocycles. The van der Waals surface area contributed by atoms with Crippen LogP contribution in [0.2, 0.25) is 5.02 Å². The predicted molar refractivity (Wildman–Crippen MR) is 77.6 cm³/mol. The van der Waals surface area contributed by atoms with Gasteiger partial charge in [-0.2, -0.15) is 5.10 Å². The lowest BCUT2D eigenvalue weighted by Crippen LogP contribution is -2.25. The normalized spacial score (nSPS) is 10.8. The first-order chi connectivity index (χ1) is 9.49. The van der Waals surface area contributed by atoms with E-state index in [2.05, 4.69) is 10.4 Å². The lowest BCUT2D eigenvalue weighted by atomic mass is 10.2. The van der Waals surface area contributed by atoms with Gasteiger partial charge in [0, 0.05) is 6.54 Å². The quantitative estimate of drug-likeness (QED) is 0.942. The average molecular weight is 296 g/mol. The smallest absolute Gasteiger partial charge is 0.287 e. The number of rotatable bonds is 4. The standard InChI is InChI=1S/C14H15ClFN3O/c1-9(2)19-14(20)13(15)12(8-18-19)17-7-10-3-5-11(16)6-4-10/h3-6,8-9,17H,7H2,1-2H3. The van der Waals surface area contributed by atoms with E-state index in [0.29, 0.717) is 12.2 Å². The molecule has 106 valence electrons. The van der Waals surface area contributed by atoms with Crippen molar-refractivity contribution in [3.8, 4) is 0 Å². The van der Waals surface area contributed by atoms with Gasteiger partial charge in [-0.25, -0.2) is 9.07 Å². The number of aromatic nitrogens is 2. The monoisotopic (exact) mass is 295 g/mol. The Balaban J connectivity index is 2.16. The minimum absolute atomic E-state index is 0.0499. The molecule has 4 nitrogen and oxygen atoms in total. The first-order valence-electron chi connectivity index (χ1n) is 6.24. The summed E-state index contributed by atoms with van der Waals surface area (Å²) in [5.41, 5.74) is 1.03. The molecule has 0 atom stereocenters. The van der Waals surface area contributed by atoms with Gasteiger partial charge in [-0.3, -0.25) is 4.79 Å². The Morgan fingerprint density at radius 1 is 1.35 bits per heavy atom. The Hall–Kier alpha value is -1.88. The Kier molecular flexibility index (Phi) is 4.39. The summed E-state index contributed by atoms with van der Waals surface area (Å²) in [7, 11) is 0. The highest BCUT2D eigenvalue weighted by molar-refractivity contribution is 6.32. The number of nitrogens with one attached hydrogen (secondary N) is 1. The van der Waals surface area contributed by atoms with Gasteiger partial charge in [-0.15, -0.1) is 0 Å². The summed E-state index contributed by atoms with van der Waals surface area (Å²) in [6.45, 7) is 4.15. The Bertz CT molecular complexity index is 652. The van der Waals surface area contributed by atoms with Gasteiger partial charge >= 0.3 is 0 Å². The molecular formula is C14H15ClFN3O. The highest BCUT2D eigenvalue weighted by Gasteiger charge is 2.10. The minimum Gasteiger partial charge on any atom is -0.378 e. The van der Waals surface area contributed by atoms with Crippen LogP contribution in [0.1, 0.15) is 25.5 Å². The molecule has 1 aromatic carbocycles. The van der Waals surface area contributed by atoms with Crippen molar-refractivity contribution in [2.75, 3.05) is 5.32 Å². The zero-order valence-electron chi connectivity index (χ0n) is 11.2. The van der Waals surface area contributed by atoms with E-state index in [1.54, 1.807) is 12.1 Å². The van der Waals surface area contributed by atoms with E-state index < -0.39 is 0 Å². The van der Waals surface area contributed by atoms with Crippen LogP contribution >= 0.6 is 11.6 Å². The van der Waals surface area contributed by atoms with E-state index in [1.165, 1.54) is 23.0 Å². The number of halogens is 2. The summed E-state index contributed by atoms with van der Waals surface area (Å²) in [6, 6.07) is 6.05. The molecule has 0 aliphatic rings. The average Bonchev–Trinajstić information content (AvgIpc) is 2.42. The number of anilines is 1. The number of benzene rings is 1. The minimum atomic E-state index is -0.328. The lowest BCUT2D eigenvalue weighted by Gasteiger charge is -2.12. The highest BCUT2D eigenvalue weighted by Crippen LogP contribution is 2.17. The van der Waals surface area contributed by atoms with Crippen molar-refractivity contribution in [2.45, 2.75) is 26.4 Å². The van der Waals surface area contributed by atoms with E-state index >= 15 is 0 Å².